The molecule has 0 aromatic heterocycles. The molecule has 0 amide bonds. The Balaban J connectivity index is 4.19. The summed E-state index contributed by atoms with van der Waals surface area (Å²) in [6.45, 7) is 2.66. The van der Waals surface area contributed by atoms with Crippen LogP contribution < -0.4 is 0 Å². The summed E-state index contributed by atoms with van der Waals surface area (Å²) in [5.41, 5.74) is 0. The highest BCUT2D eigenvalue weighted by atomic mass is 28.4. The summed E-state index contributed by atoms with van der Waals surface area (Å²) in [6.07, 6.45) is 1.84. The minimum absolute atomic E-state index is 0.614. The minimum atomic E-state index is -1.96. The monoisotopic (exact) mass is 208 g/mol. The number of hydrogen-bond acceptors (Lipinski definition) is 4. The highest BCUT2D eigenvalue weighted by molar-refractivity contribution is 6.73. The highest BCUT2D eigenvalue weighted by Gasteiger charge is 2.35. The lowest BCUT2D eigenvalue weighted by Crippen LogP contribution is -2.53. The van der Waals surface area contributed by atoms with Gasteiger partial charge in [-0.05, 0) is 6.92 Å². The molecule has 0 saturated carbocycles. The first-order valence-electron chi connectivity index (χ1n) is 4.35. The van der Waals surface area contributed by atoms with E-state index in [4.69, 9.17) is 18.6 Å². The summed E-state index contributed by atoms with van der Waals surface area (Å²) in [6, 6.07) is 0. The third kappa shape index (κ3) is 4.73. The maximum atomic E-state index is 5.71. The van der Waals surface area contributed by atoms with Gasteiger partial charge in [0.05, 0.1) is 18.7 Å². The summed E-state index contributed by atoms with van der Waals surface area (Å²) in [5.74, 6) is 0. The fourth-order valence-electron chi connectivity index (χ4n) is 1.35. The van der Waals surface area contributed by atoms with Crippen LogP contribution in [0.1, 0.15) is 6.92 Å². The van der Waals surface area contributed by atoms with Crippen LogP contribution in [0.2, 0.25) is 0 Å². The summed E-state index contributed by atoms with van der Waals surface area (Å²) in [4.78, 5) is 0. The van der Waals surface area contributed by atoms with Gasteiger partial charge in [0.15, 0.2) is 0 Å². The smallest absolute Gasteiger partial charge is 0.268 e. The summed E-state index contributed by atoms with van der Waals surface area (Å²) >= 11 is 0. The van der Waals surface area contributed by atoms with Crippen LogP contribution in [-0.4, -0.2) is 54.9 Å². The molecule has 0 radical (unpaired) electrons. The summed E-state index contributed by atoms with van der Waals surface area (Å²) in [7, 11) is 3.06. The van der Waals surface area contributed by atoms with Gasteiger partial charge in [0.2, 0.25) is 0 Å². The first kappa shape index (κ1) is 13.1. The second-order valence-corrected chi connectivity index (χ2v) is 6.44. The molecule has 0 atom stereocenters. The van der Waals surface area contributed by atoms with Gasteiger partial charge in [-0.2, -0.15) is 0 Å². The molecule has 0 heterocycles. The number of methoxy groups -OCH3 is 3. The highest BCUT2D eigenvalue weighted by Crippen LogP contribution is 2.07. The van der Waals surface area contributed by atoms with Crippen LogP contribution in [0.25, 0.3) is 0 Å². The Hall–Kier alpha value is 0.0569. The molecule has 0 fully saturated rings. The topological polar surface area (TPSA) is 36.9 Å². The van der Waals surface area contributed by atoms with E-state index in [1.54, 1.807) is 21.3 Å². The predicted octanol–water partition coefficient (Wildman–Crippen LogP) is 0.525. The van der Waals surface area contributed by atoms with E-state index in [1.807, 2.05) is 6.92 Å². The first-order chi connectivity index (χ1) is 6.24. The number of hydrogen-bond donors (Lipinski definition) is 0. The molecule has 0 spiro atoms. The lowest BCUT2D eigenvalue weighted by Gasteiger charge is -2.28. The molecule has 0 aliphatic carbocycles. The molecular weight excluding hydrogens is 188 g/mol. The van der Waals surface area contributed by atoms with Crippen molar-refractivity contribution in [1.82, 2.24) is 0 Å². The fraction of sp³-hybridized carbons (Fsp3) is 1.00. The van der Waals surface area contributed by atoms with Gasteiger partial charge in [0.1, 0.15) is 0 Å². The molecule has 0 aromatic carbocycles. The van der Waals surface area contributed by atoms with Crippen molar-refractivity contribution in [2.24, 2.45) is 0 Å². The average Bonchev–Trinajstić information content (AvgIpc) is 2.06. The Kier molecular flexibility index (Phi) is 7.49. The lowest BCUT2D eigenvalue weighted by molar-refractivity contribution is 0.140. The lowest BCUT2D eigenvalue weighted by atomic mass is 10.9. The normalized spacial score (nSPS) is 12.0. The van der Waals surface area contributed by atoms with E-state index in [9.17, 15) is 0 Å². The second-order valence-electron chi connectivity index (χ2n) is 2.92. The van der Waals surface area contributed by atoms with E-state index in [2.05, 4.69) is 0 Å². The van der Waals surface area contributed by atoms with Crippen LogP contribution in [-0.2, 0) is 18.6 Å². The quantitative estimate of drug-likeness (QED) is 0.545. The SMILES string of the molecule is CCO[Si](COC)(COC)COC. The van der Waals surface area contributed by atoms with E-state index >= 15 is 0 Å². The van der Waals surface area contributed by atoms with Gasteiger partial charge in [-0.25, -0.2) is 0 Å². The molecule has 5 heteroatoms. The van der Waals surface area contributed by atoms with Gasteiger partial charge in [-0.15, -0.1) is 0 Å². The van der Waals surface area contributed by atoms with Crippen LogP contribution in [0.4, 0.5) is 0 Å². The van der Waals surface area contributed by atoms with Crippen molar-refractivity contribution >= 4 is 8.32 Å². The van der Waals surface area contributed by atoms with Gasteiger partial charge >= 0.3 is 0 Å². The van der Waals surface area contributed by atoms with Crippen LogP contribution >= 0.6 is 0 Å². The van der Waals surface area contributed by atoms with Crippen molar-refractivity contribution in [3.8, 4) is 0 Å². The Bertz CT molecular complexity index is 91.2. The van der Waals surface area contributed by atoms with Crippen molar-refractivity contribution in [2.75, 3.05) is 46.6 Å². The van der Waals surface area contributed by atoms with Gasteiger partial charge in [-0.3, -0.25) is 0 Å². The Labute approximate surface area is 81.3 Å². The molecule has 0 N–H and O–H groups in total. The molecule has 80 valence electrons. The van der Waals surface area contributed by atoms with Crippen LogP contribution in [0.15, 0.2) is 0 Å². The zero-order chi connectivity index (χ0) is 10.2. The third-order valence-electron chi connectivity index (χ3n) is 1.67. The predicted molar refractivity (Wildman–Crippen MR) is 53.0 cm³/mol. The molecule has 13 heavy (non-hydrogen) atoms. The fourth-order valence-corrected chi connectivity index (χ4v) is 4.04. The third-order valence-corrected chi connectivity index (χ3v) is 5.02. The van der Waals surface area contributed by atoms with E-state index in [0.29, 0.717) is 25.3 Å². The Morgan fingerprint density at radius 1 is 0.846 bits per heavy atom. The minimum Gasteiger partial charge on any atom is -0.410 e. The zero-order valence-corrected chi connectivity index (χ0v) is 9.96. The molecule has 0 aromatic rings. The van der Waals surface area contributed by atoms with Crippen molar-refractivity contribution in [1.29, 1.82) is 0 Å². The largest absolute Gasteiger partial charge is 0.410 e. The zero-order valence-electron chi connectivity index (χ0n) is 8.96. The van der Waals surface area contributed by atoms with Crippen LogP contribution in [0, 0.1) is 0 Å². The Morgan fingerprint density at radius 3 is 1.46 bits per heavy atom. The summed E-state index contributed by atoms with van der Waals surface area (Å²) < 4.78 is 21.1. The van der Waals surface area contributed by atoms with Crippen molar-refractivity contribution in [3.05, 3.63) is 0 Å². The molecule has 0 rings (SSSR count). The Morgan fingerprint density at radius 2 is 1.23 bits per heavy atom. The van der Waals surface area contributed by atoms with Crippen molar-refractivity contribution in [3.63, 3.8) is 0 Å². The van der Waals surface area contributed by atoms with E-state index in [1.165, 1.54) is 0 Å². The average molecular weight is 208 g/mol. The van der Waals surface area contributed by atoms with Crippen LogP contribution in [0.3, 0.4) is 0 Å². The van der Waals surface area contributed by atoms with Gasteiger partial charge in [0, 0.05) is 27.9 Å². The molecule has 0 aliphatic rings. The molecule has 4 nitrogen and oxygen atoms in total. The maximum Gasteiger partial charge on any atom is 0.268 e. The first-order valence-corrected chi connectivity index (χ1v) is 6.88. The maximum absolute atomic E-state index is 5.71. The van der Waals surface area contributed by atoms with E-state index in [0.717, 1.165) is 0 Å². The molecule has 0 bridgehead atoms. The molecule has 0 aliphatic heterocycles. The van der Waals surface area contributed by atoms with Gasteiger partial charge in [-0.1, -0.05) is 0 Å². The van der Waals surface area contributed by atoms with Gasteiger partial charge in [0.25, 0.3) is 8.32 Å². The van der Waals surface area contributed by atoms with E-state index in [-0.39, 0.29) is 0 Å². The number of ether oxygens (including phenoxy) is 3. The molecule has 0 unspecified atom stereocenters. The molecular formula is C8H20O4Si. The standard InChI is InChI=1S/C8H20O4Si/c1-5-12-13(6-9-2,7-10-3)8-11-4/h5-8H2,1-4H3. The summed E-state index contributed by atoms with van der Waals surface area (Å²) in [5, 5.41) is 0. The van der Waals surface area contributed by atoms with Crippen LogP contribution in [0.5, 0.6) is 0 Å². The number of rotatable bonds is 8. The van der Waals surface area contributed by atoms with Gasteiger partial charge < -0.3 is 18.6 Å². The van der Waals surface area contributed by atoms with Crippen molar-refractivity contribution in [2.45, 2.75) is 6.92 Å². The molecule has 0 saturated heterocycles. The second kappa shape index (κ2) is 7.46. The van der Waals surface area contributed by atoms with E-state index < -0.39 is 8.32 Å². The van der Waals surface area contributed by atoms with Crippen molar-refractivity contribution < 1.29 is 18.6 Å².